The number of aliphatic hydroxyl groups is 1. The average Bonchev–Trinajstić information content (AvgIpc) is 3.05. The highest BCUT2D eigenvalue weighted by Crippen LogP contribution is 2.51. The third-order valence-electron chi connectivity index (χ3n) is 4.69. The monoisotopic (exact) mass is 356 g/mol. The Balaban J connectivity index is 2.04. The van der Waals surface area contributed by atoms with Crippen molar-refractivity contribution in [3.05, 3.63) is 59.7 Å². The molecule has 0 saturated carbocycles. The van der Waals surface area contributed by atoms with E-state index in [0.29, 0.717) is 23.0 Å². The smallest absolute Gasteiger partial charge is 0.165 e. The van der Waals surface area contributed by atoms with Gasteiger partial charge in [0.15, 0.2) is 23.0 Å². The van der Waals surface area contributed by atoms with Crippen LogP contribution in [0.2, 0.25) is 0 Å². The number of rotatable bonds is 7. The van der Waals surface area contributed by atoms with Crippen molar-refractivity contribution in [3.63, 3.8) is 0 Å². The van der Waals surface area contributed by atoms with E-state index < -0.39 is 0 Å². The lowest BCUT2D eigenvalue weighted by Crippen LogP contribution is -2.13. The van der Waals surface area contributed by atoms with Crippen molar-refractivity contribution in [2.24, 2.45) is 0 Å². The topological polar surface area (TPSA) is 57.2 Å². The van der Waals surface area contributed by atoms with Gasteiger partial charge in [0.1, 0.15) is 6.10 Å². The van der Waals surface area contributed by atoms with E-state index in [2.05, 4.69) is 12.6 Å². The molecule has 26 heavy (non-hydrogen) atoms. The van der Waals surface area contributed by atoms with Crippen LogP contribution in [-0.2, 0) is 6.42 Å². The number of fused-ring (bicyclic) bond motifs is 1. The number of hydrogen-bond acceptors (Lipinski definition) is 5. The molecule has 0 radical (unpaired) electrons. The molecule has 3 rings (SSSR count). The second-order valence-corrected chi connectivity index (χ2v) is 6.15. The Morgan fingerprint density at radius 3 is 2.38 bits per heavy atom. The molecule has 0 aromatic heterocycles. The summed E-state index contributed by atoms with van der Waals surface area (Å²) in [5.41, 5.74) is 2.93. The number of benzene rings is 2. The van der Waals surface area contributed by atoms with Crippen molar-refractivity contribution in [1.82, 2.24) is 0 Å². The van der Waals surface area contributed by atoms with Crippen molar-refractivity contribution in [3.8, 4) is 23.0 Å². The van der Waals surface area contributed by atoms with E-state index in [0.717, 1.165) is 23.1 Å². The molecule has 0 amide bonds. The van der Waals surface area contributed by atoms with Crippen molar-refractivity contribution in [2.45, 2.75) is 18.4 Å². The van der Waals surface area contributed by atoms with E-state index in [4.69, 9.17) is 18.9 Å². The Labute approximate surface area is 153 Å². The van der Waals surface area contributed by atoms with Gasteiger partial charge in [-0.25, -0.2) is 0 Å². The zero-order valence-electron chi connectivity index (χ0n) is 15.3. The highest BCUT2D eigenvalue weighted by Gasteiger charge is 2.38. The lowest BCUT2D eigenvalue weighted by molar-refractivity contribution is 0.156. The van der Waals surface area contributed by atoms with Gasteiger partial charge in [-0.15, -0.1) is 6.58 Å². The van der Waals surface area contributed by atoms with Gasteiger partial charge >= 0.3 is 0 Å². The molecule has 0 unspecified atom stereocenters. The fourth-order valence-electron chi connectivity index (χ4n) is 3.42. The Hall–Kier alpha value is -2.66. The van der Waals surface area contributed by atoms with E-state index in [1.54, 1.807) is 21.3 Å². The zero-order valence-corrected chi connectivity index (χ0v) is 15.3. The Morgan fingerprint density at radius 1 is 1.04 bits per heavy atom. The van der Waals surface area contributed by atoms with Gasteiger partial charge in [-0.2, -0.15) is 0 Å². The first kappa shape index (κ1) is 18.1. The first-order valence-electron chi connectivity index (χ1n) is 8.47. The van der Waals surface area contributed by atoms with Crippen LogP contribution >= 0.6 is 0 Å². The molecule has 5 nitrogen and oxygen atoms in total. The molecule has 2 aromatic carbocycles. The molecule has 0 bridgehead atoms. The minimum Gasteiger partial charge on any atom is -0.493 e. The minimum atomic E-state index is -0.331. The summed E-state index contributed by atoms with van der Waals surface area (Å²) in [6.45, 7) is 3.76. The fraction of sp³-hybridized carbons (Fsp3) is 0.333. The maximum Gasteiger partial charge on any atom is 0.165 e. The number of hydrogen-bond donors (Lipinski definition) is 1. The summed E-state index contributed by atoms with van der Waals surface area (Å²) < 4.78 is 22.4. The van der Waals surface area contributed by atoms with Crippen molar-refractivity contribution < 1.29 is 24.1 Å². The standard InChI is InChI=1S/C21H24O5/c1-5-6-13-9-15-16(12-22)20(26-21(15)19(10-13)25-4)14-7-8-17(23-2)18(11-14)24-3/h5,7-11,16,20,22H,1,6,12H2,2-4H3/t16-,20+/m0/s1. The van der Waals surface area contributed by atoms with E-state index in [1.807, 2.05) is 30.3 Å². The average molecular weight is 356 g/mol. The third-order valence-corrected chi connectivity index (χ3v) is 4.69. The van der Waals surface area contributed by atoms with E-state index in [9.17, 15) is 5.11 Å². The molecule has 2 atom stereocenters. The van der Waals surface area contributed by atoms with Gasteiger partial charge in [-0.1, -0.05) is 18.2 Å². The first-order chi connectivity index (χ1) is 12.7. The van der Waals surface area contributed by atoms with E-state index >= 15 is 0 Å². The summed E-state index contributed by atoms with van der Waals surface area (Å²) in [4.78, 5) is 0. The minimum absolute atomic E-state index is 0.0350. The molecule has 2 aromatic rings. The maximum absolute atomic E-state index is 10.1. The largest absolute Gasteiger partial charge is 0.493 e. The van der Waals surface area contributed by atoms with Gasteiger partial charge in [0.05, 0.1) is 33.9 Å². The van der Waals surface area contributed by atoms with E-state index in [1.165, 1.54) is 0 Å². The van der Waals surface area contributed by atoms with Crippen LogP contribution in [0.25, 0.3) is 0 Å². The van der Waals surface area contributed by atoms with Gasteiger partial charge in [0, 0.05) is 5.56 Å². The normalized spacial score (nSPS) is 18.0. The Kier molecular flexibility index (Phi) is 5.38. The Bertz CT molecular complexity index is 799. The lowest BCUT2D eigenvalue weighted by Gasteiger charge is -2.19. The summed E-state index contributed by atoms with van der Waals surface area (Å²) in [5, 5.41) is 10.1. The van der Waals surface area contributed by atoms with E-state index in [-0.39, 0.29) is 18.6 Å². The molecule has 1 aliphatic rings. The predicted octanol–water partition coefficient (Wildman–Crippen LogP) is 3.65. The van der Waals surface area contributed by atoms with Crippen LogP contribution in [0.15, 0.2) is 43.0 Å². The van der Waals surface area contributed by atoms with Crippen LogP contribution in [0, 0.1) is 0 Å². The number of ether oxygens (including phenoxy) is 4. The molecule has 1 N–H and O–H groups in total. The summed E-state index contributed by atoms with van der Waals surface area (Å²) in [6, 6.07) is 9.66. The molecular weight excluding hydrogens is 332 g/mol. The summed E-state index contributed by atoms with van der Waals surface area (Å²) in [7, 11) is 4.82. The van der Waals surface area contributed by atoms with Crippen LogP contribution < -0.4 is 18.9 Å². The molecule has 0 saturated heterocycles. The van der Waals surface area contributed by atoms with Crippen LogP contribution in [0.5, 0.6) is 23.0 Å². The molecule has 0 spiro atoms. The SMILES string of the molecule is C=CCc1cc(OC)c2c(c1)[C@H](CO)[C@@H](c1ccc(OC)c(OC)c1)O2. The highest BCUT2D eigenvalue weighted by molar-refractivity contribution is 5.56. The Morgan fingerprint density at radius 2 is 1.77 bits per heavy atom. The lowest BCUT2D eigenvalue weighted by atomic mass is 9.90. The molecule has 0 aliphatic carbocycles. The van der Waals surface area contributed by atoms with Gasteiger partial charge in [0.25, 0.3) is 0 Å². The van der Waals surface area contributed by atoms with Crippen molar-refractivity contribution in [2.75, 3.05) is 27.9 Å². The molecule has 1 heterocycles. The highest BCUT2D eigenvalue weighted by atomic mass is 16.5. The molecular formula is C21H24O5. The maximum atomic E-state index is 10.1. The second-order valence-electron chi connectivity index (χ2n) is 6.15. The fourth-order valence-corrected chi connectivity index (χ4v) is 3.42. The number of methoxy groups -OCH3 is 3. The van der Waals surface area contributed by atoms with Crippen molar-refractivity contribution in [1.29, 1.82) is 0 Å². The summed E-state index contributed by atoms with van der Waals surface area (Å²) in [6.07, 6.45) is 2.24. The van der Waals surface area contributed by atoms with Gasteiger partial charge < -0.3 is 24.1 Å². The summed E-state index contributed by atoms with van der Waals surface area (Å²) >= 11 is 0. The van der Waals surface area contributed by atoms with Crippen LogP contribution in [0.3, 0.4) is 0 Å². The van der Waals surface area contributed by atoms with Crippen LogP contribution in [0.4, 0.5) is 0 Å². The predicted molar refractivity (Wildman–Crippen MR) is 99.6 cm³/mol. The molecule has 0 fully saturated rings. The first-order valence-corrected chi connectivity index (χ1v) is 8.47. The van der Waals surface area contributed by atoms with Crippen LogP contribution in [-0.4, -0.2) is 33.0 Å². The third kappa shape index (κ3) is 3.10. The zero-order chi connectivity index (χ0) is 18.7. The molecule has 138 valence electrons. The molecule has 5 heteroatoms. The van der Waals surface area contributed by atoms with Crippen LogP contribution in [0.1, 0.15) is 28.7 Å². The summed E-state index contributed by atoms with van der Waals surface area (Å²) in [5.74, 6) is 2.43. The van der Waals surface area contributed by atoms with Gasteiger partial charge in [0.2, 0.25) is 0 Å². The van der Waals surface area contributed by atoms with Gasteiger partial charge in [-0.05, 0) is 35.7 Å². The molecule has 1 aliphatic heterocycles. The number of aliphatic hydroxyl groups excluding tert-OH is 1. The quantitative estimate of drug-likeness (QED) is 0.768. The second kappa shape index (κ2) is 7.70. The van der Waals surface area contributed by atoms with Crippen molar-refractivity contribution >= 4 is 0 Å². The number of allylic oxidation sites excluding steroid dienone is 1. The van der Waals surface area contributed by atoms with Gasteiger partial charge in [-0.3, -0.25) is 0 Å².